The average Bonchev–Trinajstić information content (AvgIpc) is 2.95. The van der Waals surface area contributed by atoms with E-state index in [9.17, 15) is 0 Å². The molecule has 118 valence electrons. The van der Waals surface area contributed by atoms with Crippen molar-refractivity contribution in [3.8, 4) is 17.0 Å². The molecule has 0 aliphatic heterocycles. The number of allylic oxidation sites excluding steroid dienone is 1. The molecular weight excluding hydrogens is 282 g/mol. The van der Waals surface area contributed by atoms with E-state index in [0.29, 0.717) is 0 Å². The standard InChI is InChI=1S/C21H23NO/c1-4-5-6-7-20-15(2)12-21(22-20)18-9-8-17-14-19(23-3)11-10-16(17)13-18/h4,8-14,22H,1,5-7H2,2-3H3. The van der Waals surface area contributed by atoms with E-state index >= 15 is 0 Å². The normalized spacial score (nSPS) is 10.9. The van der Waals surface area contributed by atoms with Crippen molar-refractivity contribution in [2.45, 2.75) is 26.2 Å². The number of aryl methyl sites for hydroxylation is 2. The van der Waals surface area contributed by atoms with Crippen LogP contribution in [0.3, 0.4) is 0 Å². The zero-order valence-electron chi connectivity index (χ0n) is 13.9. The Kier molecular flexibility index (Phi) is 4.52. The molecular formula is C21H23NO. The van der Waals surface area contributed by atoms with E-state index < -0.39 is 0 Å². The second kappa shape index (κ2) is 6.74. The van der Waals surface area contributed by atoms with Gasteiger partial charge in [0.2, 0.25) is 0 Å². The molecule has 0 fully saturated rings. The van der Waals surface area contributed by atoms with Crippen LogP contribution in [0, 0.1) is 6.92 Å². The highest BCUT2D eigenvalue weighted by Gasteiger charge is 2.07. The molecule has 0 saturated carbocycles. The van der Waals surface area contributed by atoms with Crippen molar-refractivity contribution >= 4 is 10.8 Å². The summed E-state index contributed by atoms with van der Waals surface area (Å²) < 4.78 is 5.29. The van der Waals surface area contributed by atoms with Gasteiger partial charge in [-0.1, -0.05) is 24.3 Å². The van der Waals surface area contributed by atoms with E-state index in [-0.39, 0.29) is 0 Å². The molecule has 2 heteroatoms. The van der Waals surface area contributed by atoms with E-state index in [1.165, 1.54) is 33.3 Å². The predicted molar refractivity (Wildman–Crippen MR) is 98.2 cm³/mol. The summed E-state index contributed by atoms with van der Waals surface area (Å²) in [4.78, 5) is 3.58. The Hall–Kier alpha value is -2.48. The SMILES string of the molecule is C=CCCCc1[nH]c(-c2ccc3cc(OC)ccc3c2)cc1C. The Morgan fingerprint density at radius 1 is 1.09 bits per heavy atom. The first-order valence-electron chi connectivity index (χ1n) is 8.09. The van der Waals surface area contributed by atoms with Crippen LogP contribution in [0.2, 0.25) is 0 Å². The second-order valence-corrected chi connectivity index (χ2v) is 5.95. The molecule has 1 N–H and O–H groups in total. The molecule has 0 radical (unpaired) electrons. The predicted octanol–water partition coefficient (Wildman–Crippen LogP) is 5.66. The molecule has 0 bridgehead atoms. The maximum absolute atomic E-state index is 5.29. The van der Waals surface area contributed by atoms with E-state index in [4.69, 9.17) is 4.74 Å². The number of hydrogen-bond acceptors (Lipinski definition) is 1. The molecule has 1 aromatic heterocycles. The summed E-state index contributed by atoms with van der Waals surface area (Å²) in [6.07, 6.45) is 5.26. The summed E-state index contributed by atoms with van der Waals surface area (Å²) in [5.74, 6) is 0.894. The van der Waals surface area contributed by atoms with Gasteiger partial charge in [-0.15, -0.1) is 6.58 Å². The summed E-state index contributed by atoms with van der Waals surface area (Å²) in [7, 11) is 1.70. The Balaban J connectivity index is 1.90. The van der Waals surface area contributed by atoms with E-state index in [1.807, 2.05) is 12.1 Å². The van der Waals surface area contributed by atoms with Crippen molar-refractivity contribution in [3.05, 3.63) is 66.4 Å². The van der Waals surface area contributed by atoms with E-state index in [0.717, 1.165) is 25.0 Å². The molecule has 0 atom stereocenters. The van der Waals surface area contributed by atoms with Crippen molar-refractivity contribution in [1.82, 2.24) is 4.98 Å². The molecule has 3 aromatic rings. The zero-order chi connectivity index (χ0) is 16.2. The Labute approximate surface area is 137 Å². The summed E-state index contributed by atoms with van der Waals surface area (Å²) in [5, 5.41) is 2.42. The van der Waals surface area contributed by atoms with Gasteiger partial charge in [0.15, 0.2) is 0 Å². The van der Waals surface area contributed by atoms with Crippen LogP contribution in [0.25, 0.3) is 22.0 Å². The Morgan fingerprint density at radius 2 is 1.87 bits per heavy atom. The molecule has 0 amide bonds. The Morgan fingerprint density at radius 3 is 2.65 bits per heavy atom. The van der Waals surface area contributed by atoms with Gasteiger partial charge in [-0.2, -0.15) is 0 Å². The number of benzene rings is 2. The number of aromatic nitrogens is 1. The monoisotopic (exact) mass is 305 g/mol. The van der Waals surface area contributed by atoms with Crippen LogP contribution in [0.5, 0.6) is 5.75 Å². The first kappa shape index (κ1) is 15.4. The number of fused-ring (bicyclic) bond motifs is 1. The minimum absolute atomic E-state index is 0.894. The highest BCUT2D eigenvalue weighted by Crippen LogP contribution is 2.28. The molecule has 0 unspecified atom stereocenters. The van der Waals surface area contributed by atoms with Crippen molar-refractivity contribution in [3.63, 3.8) is 0 Å². The number of unbranched alkanes of at least 4 members (excludes halogenated alkanes) is 1. The van der Waals surface area contributed by atoms with Gasteiger partial charge in [-0.3, -0.25) is 0 Å². The highest BCUT2D eigenvalue weighted by atomic mass is 16.5. The number of ether oxygens (including phenoxy) is 1. The van der Waals surface area contributed by atoms with E-state index in [1.54, 1.807) is 7.11 Å². The largest absolute Gasteiger partial charge is 0.497 e. The van der Waals surface area contributed by atoms with Crippen molar-refractivity contribution in [1.29, 1.82) is 0 Å². The van der Waals surface area contributed by atoms with Gasteiger partial charge in [0.25, 0.3) is 0 Å². The lowest BCUT2D eigenvalue weighted by Gasteiger charge is -2.05. The van der Waals surface area contributed by atoms with Crippen molar-refractivity contribution in [2.24, 2.45) is 0 Å². The summed E-state index contributed by atoms with van der Waals surface area (Å²) >= 11 is 0. The number of rotatable bonds is 6. The fraction of sp³-hybridized carbons (Fsp3) is 0.238. The lowest BCUT2D eigenvalue weighted by Crippen LogP contribution is -1.88. The van der Waals surface area contributed by atoms with Crippen molar-refractivity contribution < 1.29 is 4.74 Å². The molecule has 1 heterocycles. The summed E-state index contributed by atoms with van der Waals surface area (Å²) in [6, 6.07) is 15.0. The van der Waals surface area contributed by atoms with Gasteiger partial charge >= 0.3 is 0 Å². The molecule has 0 spiro atoms. The van der Waals surface area contributed by atoms with Gasteiger partial charge in [-0.05, 0) is 72.4 Å². The van der Waals surface area contributed by atoms with Gasteiger partial charge in [0.05, 0.1) is 7.11 Å². The average molecular weight is 305 g/mol. The fourth-order valence-corrected chi connectivity index (χ4v) is 2.96. The smallest absolute Gasteiger partial charge is 0.119 e. The molecule has 23 heavy (non-hydrogen) atoms. The first-order chi connectivity index (χ1) is 11.2. The molecule has 2 aromatic carbocycles. The third kappa shape index (κ3) is 3.31. The highest BCUT2D eigenvalue weighted by molar-refractivity contribution is 5.88. The lowest BCUT2D eigenvalue weighted by atomic mass is 10.0. The minimum atomic E-state index is 0.894. The first-order valence-corrected chi connectivity index (χ1v) is 8.09. The van der Waals surface area contributed by atoms with Crippen molar-refractivity contribution in [2.75, 3.05) is 7.11 Å². The maximum Gasteiger partial charge on any atom is 0.119 e. The molecule has 2 nitrogen and oxygen atoms in total. The number of H-pyrrole nitrogens is 1. The molecule has 3 rings (SSSR count). The lowest BCUT2D eigenvalue weighted by molar-refractivity contribution is 0.415. The van der Waals surface area contributed by atoms with Crippen LogP contribution in [0.4, 0.5) is 0 Å². The summed E-state index contributed by atoms with van der Waals surface area (Å²) in [5.41, 5.74) is 5.07. The molecule has 0 aliphatic carbocycles. The van der Waals surface area contributed by atoms with Crippen LogP contribution >= 0.6 is 0 Å². The van der Waals surface area contributed by atoms with Crippen LogP contribution in [0.1, 0.15) is 24.1 Å². The molecule has 0 aliphatic rings. The third-order valence-corrected chi connectivity index (χ3v) is 4.32. The second-order valence-electron chi connectivity index (χ2n) is 5.95. The summed E-state index contributed by atoms with van der Waals surface area (Å²) in [6.45, 7) is 5.96. The number of methoxy groups -OCH3 is 1. The Bertz CT molecular complexity index is 829. The van der Waals surface area contributed by atoms with E-state index in [2.05, 4.69) is 54.9 Å². The topological polar surface area (TPSA) is 25.0 Å². The van der Waals surface area contributed by atoms with Crippen LogP contribution in [-0.2, 0) is 6.42 Å². The van der Waals surface area contributed by atoms with Crippen LogP contribution in [-0.4, -0.2) is 12.1 Å². The fourth-order valence-electron chi connectivity index (χ4n) is 2.96. The number of aromatic amines is 1. The third-order valence-electron chi connectivity index (χ3n) is 4.32. The zero-order valence-corrected chi connectivity index (χ0v) is 13.9. The van der Waals surface area contributed by atoms with Gasteiger partial charge in [-0.25, -0.2) is 0 Å². The quantitative estimate of drug-likeness (QED) is 0.461. The van der Waals surface area contributed by atoms with Gasteiger partial charge in [0, 0.05) is 11.4 Å². The maximum atomic E-state index is 5.29. The molecule has 0 saturated heterocycles. The number of hydrogen-bond donors (Lipinski definition) is 1. The number of nitrogens with one attached hydrogen (secondary N) is 1. The van der Waals surface area contributed by atoms with Gasteiger partial charge in [0.1, 0.15) is 5.75 Å². The minimum Gasteiger partial charge on any atom is -0.497 e. The van der Waals surface area contributed by atoms with Gasteiger partial charge < -0.3 is 9.72 Å². The van der Waals surface area contributed by atoms with Crippen LogP contribution < -0.4 is 4.74 Å². The van der Waals surface area contributed by atoms with Crippen LogP contribution in [0.15, 0.2) is 55.1 Å².